The van der Waals surface area contributed by atoms with Crippen molar-refractivity contribution in [2.75, 3.05) is 39.1 Å². The molecule has 1 atom stereocenters. The van der Waals surface area contributed by atoms with E-state index in [-0.39, 0.29) is 17.7 Å². The van der Waals surface area contributed by atoms with Crippen LogP contribution in [0.1, 0.15) is 11.1 Å². The molecule has 31 heavy (non-hydrogen) atoms. The van der Waals surface area contributed by atoms with Gasteiger partial charge in [-0.1, -0.05) is 18.2 Å². The summed E-state index contributed by atoms with van der Waals surface area (Å²) in [6.45, 7) is 0.510. The van der Waals surface area contributed by atoms with Crippen LogP contribution in [-0.2, 0) is 19.9 Å². The van der Waals surface area contributed by atoms with E-state index in [1.165, 1.54) is 21.9 Å². The lowest BCUT2D eigenvalue weighted by Gasteiger charge is -2.34. The number of likely N-dealkylation sites (N-methyl/N-ethyl adjacent to an activating group) is 2. The molecule has 1 saturated heterocycles. The van der Waals surface area contributed by atoms with Crippen molar-refractivity contribution in [3.63, 3.8) is 0 Å². The number of carbonyl (C=O) groups is 3. The van der Waals surface area contributed by atoms with Crippen molar-refractivity contribution in [2.45, 2.75) is 5.54 Å². The zero-order valence-corrected chi connectivity index (χ0v) is 17.4. The van der Waals surface area contributed by atoms with Crippen LogP contribution in [-0.4, -0.2) is 66.7 Å². The number of likely N-dealkylation sites (tertiary alicyclic amines) is 1. The highest BCUT2D eigenvalue weighted by Crippen LogP contribution is 2.53. The van der Waals surface area contributed by atoms with Crippen LogP contribution < -0.4 is 4.90 Å². The first-order chi connectivity index (χ1) is 14.7. The summed E-state index contributed by atoms with van der Waals surface area (Å²) in [6, 6.07) is 11.8. The molecule has 4 rings (SSSR count). The Morgan fingerprint density at radius 1 is 1.06 bits per heavy atom. The molecule has 8 heteroatoms. The monoisotopic (exact) mass is 423 g/mol. The maximum Gasteiger partial charge on any atom is 0.296 e. The van der Waals surface area contributed by atoms with Crippen LogP contribution in [0.25, 0.3) is 5.76 Å². The number of aliphatic hydroxyl groups excluding tert-OH is 1. The minimum absolute atomic E-state index is 0.103. The number of ketones is 1. The van der Waals surface area contributed by atoms with Crippen molar-refractivity contribution in [3.05, 3.63) is 71.0 Å². The van der Waals surface area contributed by atoms with E-state index in [0.717, 1.165) is 12.1 Å². The molecule has 160 valence electrons. The van der Waals surface area contributed by atoms with E-state index >= 15 is 0 Å². The fourth-order valence-corrected chi connectivity index (χ4v) is 4.32. The van der Waals surface area contributed by atoms with Crippen LogP contribution in [0, 0.1) is 5.82 Å². The maximum atomic E-state index is 13.7. The zero-order chi connectivity index (χ0) is 22.5. The van der Waals surface area contributed by atoms with Gasteiger partial charge in [-0.3, -0.25) is 14.4 Å². The third-order valence-corrected chi connectivity index (χ3v) is 5.83. The van der Waals surface area contributed by atoms with E-state index in [4.69, 9.17) is 0 Å². The van der Waals surface area contributed by atoms with Crippen molar-refractivity contribution in [1.29, 1.82) is 0 Å². The van der Waals surface area contributed by atoms with Gasteiger partial charge in [0.1, 0.15) is 11.6 Å². The van der Waals surface area contributed by atoms with Gasteiger partial charge in [0.2, 0.25) is 0 Å². The smallest absolute Gasteiger partial charge is 0.296 e. The summed E-state index contributed by atoms with van der Waals surface area (Å²) in [4.78, 5) is 44.5. The van der Waals surface area contributed by atoms with Gasteiger partial charge in [-0.05, 0) is 44.4 Å². The molecule has 2 aliphatic rings. The van der Waals surface area contributed by atoms with Gasteiger partial charge in [-0.2, -0.15) is 0 Å². The van der Waals surface area contributed by atoms with Crippen LogP contribution in [0.5, 0.6) is 0 Å². The fourth-order valence-electron chi connectivity index (χ4n) is 4.32. The van der Waals surface area contributed by atoms with Crippen LogP contribution >= 0.6 is 0 Å². The topological polar surface area (TPSA) is 81.2 Å². The lowest BCUT2D eigenvalue weighted by molar-refractivity contribution is -0.143. The standard InChI is InChI=1S/C23H22FN3O4/c1-25(2)12-13-27-21(30)20(29)18(19(28)14-8-10-15(24)11-9-14)23(27)16-6-4-5-7-17(16)26(3)22(23)31/h4-11,28H,12-13H2,1-3H3/t23-/m1/s1. The number of carbonyl (C=O) groups excluding carboxylic acids is 3. The second-order valence-corrected chi connectivity index (χ2v) is 7.91. The summed E-state index contributed by atoms with van der Waals surface area (Å²) in [7, 11) is 5.20. The largest absolute Gasteiger partial charge is 0.507 e. The van der Waals surface area contributed by atoms with Crippen LogP contribution in [0.2, 0.25) is 0 Å². The fraction of sp³-hybridized carbons (Fsp3) is 0.261. The number of amides is 2. The number of para-hydroxylation sites is 1. The lowest BCUT2D eigenvalue weighted by atomic mass is 9.82. The van der Waals surface area contributed by atoms with E-state index in [1.807, 2.05) is 19.0 Å². The number of hydrogen-bond donors (Lipinski definition) is 1. The Morgan fingerprint density at radius 3 is 2.35 bits per heavy atom. The predicted octanol–water partition coefficient (Wildman–Crippen LogP) is 1.94. The molecule has 0 unspecified atom stereocenters. The minimum atomic E-state index is -1.78. The number of anilines is 1. The third-order valence-electron chi connectivity index (χ3n) is 5.83. The summed E-state index contributed by atoms with van der Waals surface area (Å²) in [5.74, 6) is -3.33. The average Bonchev–Trinajstić information content (AvgIpc) is 3.11. The highest BCUT2D eigenvalue weighted by atomic mass is 19.1. The number of aliphatic hydroxyl groups is 1. The molecule has 0 aromatic heterocycles. The van der Waals surface area contributed by atoms with Crippen molar-refractivity contribution in [3.8, 4) is 0 Å². The molecule has 2 aromatic carbocycles. The normalized spacial score (nSPS) is 22.2. The summed E-state index contributed by atoms with van der Waals surface area (Å²) >= 11 is 0. The Kier molecular flexibility index (Phi) is 4.89. The Hall–Kier alpha value is -3.52. The van der Waals surface area contributed by atoms with Gasteiger partial charge >= 0.3 is 0 Å². The van der Waals surface area contributed by atoms with Crippen LogP contribution in [0.3, 0.4) is 0 Å². The summed E-state index contributed by atoms with van der Waals surface area (Å²) in [5, 5.41) is 11.1. The molecule has 2 aromatic rings. The molecule has 1 spiro atoms. The van der Waals surface area contributed by atoms with Gasteiger partial charge in [0.25, 0.3) is 17.6 Å². The highest BCUT2D eigenvalue weighted by Gasteiger charge is 2.66. The molecule has 7 nitrogen and oxygen atoms in total. The quantitative estimate of drug-likeness (QED) is 0.462. The Labute approximate surface area is 179 Å². The molecule has 2 heterocycles. The summed E-state index contributed by atoms with van der Waals surface area (Å²) in [5.41, 5.74) is -0.942. The van der Waals surface area contributed by atoms with E-state index in [2.05, 4.69) is 0 Å². The van der Waals surface area contributed by atoms with Crippen LogP contribution in [0.4, 0.5) is 10.1 Å². The third kappa shape index (κ3) is 2.86. The second kappa shape index (κ2) is 7.31. The van der Waals surface area contributed by atoms with E-state index in [1.54, 1.807) is 31.3 Å². The number of benzene rings is 2. The van der Waals surface area contributed by atoms with E-state index < -0.39 is 34.7 Å². The molecular weight excluding hydrogens is 401 g/mol. The van der Waals surface area contributed by atoms with Gasteiger partial charge in [0.15, 0.2) is 5.54 Å². The van der Waals surface area contributed by atoms with Gasteiger partial charge in [-0.15, -0.1) is 0 Å². The van der Waals surface area contributed by atoms with E-state index in [9.17, 15) is 23.9 Å². The van der Waals surface area contributed by atoms with Gasteiger partial charge in [-0.25, -0.2) is 4.39 Å². The number of Topliss-reactive ketones (excluding diaryl/α,β-unsaturated/α-hetero) is 1. The molecule has 0 aliphatic carbocycles. The number of fused-ring (bicyclic) bond motifs is 2. The molecule has 0 radical (unpaired) electrons. The predicted molar refractivity (Wildman–Crippen MR) is 113 cm³/mol. The molecule has 2 aliphatic heterocycles. The molecule has 0 bridgehead atoms. The zero-order valence-electron chi connectivity index (χ0n) is 17.4. The second-order valence-electron chi connectivity index (χ2n) is 7.91. The SMILES string of the molecule is CN(C)CCN1C(=O)C(=O)C(=C(O)c2ccc(F)cc2)[C@]12C(=O)N(C)c1ccccc12. The molecule has 2 amide bonds. The number of hydrogen-bond acceptors (Lipinski definition) is 5. The number of halogens is 1. The van der Waals surface area contributed by atoms with E-state index in [0.29, 0.717) is 17.8 Å². The van der Waals surface area contributed by atoms with Gasteiger partial charge in [0.05, 0.1) is 5.57 Å². The molecule has 0 saturated carbocycles. The molecule has 1 fully saturated rings. The average molecular weight is 423 g/mol. The van der Waals surface area contributed by atoms with Gasteiger partial charge < -0.3 is 19.8 Å². The molecular formula is C23H22FN3O4. The minimum Gasteiger partial charge on any atom is -0.507 e. The van der Waals surface area contributed by atoms with Crippen molar-refractivity contribution in [2.24, 2.45) is 0 Å². The first kappa shape index (κ1) is 20.7. The Morgan fingerprint density at radius 2 is 1.71 bits per heavy atom. The lowest BCUT2D eigenvalue weighted by Crippen LogP contribution is -2.52. The van der Waals surface area contributed by atoms with Gasteiger partial charge in [0, 0.05) is 37.0 Å². The summed E-state index contributed by atoms with van der Waals surface area (Å²) < 4.78 is 13.4. The summed E-state index contributed by atoms with van der Waals surface area (Å²) in [6.07, 6.45) is 0. The maximum absolute atomic E-state index is 13.7. The molecule has 1 N–H and O–H groups in total. The number of nitrogens with zero attached hydrogens (tertiary/aromatic N) is 3. The van der Waals surface area contributed by atoms with Crippen LogP contribution in [0.15, 0.2) is 54.1 Å². The van der Waals surface area contributed by atoms with Crippen molar-refractivity contribution < 1.29 is 23.9 Å². The first-order valence-electron chi connectivity index (χ1n) is 9.79. The van der Waals surface area contributed by atoms with Crippen molar-refractivity contribution >= 4 is 29.0 Å². The van der Waals surface area contributed by atoms with Crippen molar-refractivity contribution in [1.82, 2.24) is 9.80 Å². The Bertz CT molecular complexity index is 1130. The first-order valence-corrected chi connectivity index (χ1v) is 9.79. The number of rotatable bonds is 4. The Balaban J connectivity index is 2.04. The highest BCUT2D eigenvalue weighted by molar-refractivity contribution is 6.50.